The van der Waals surface area contributed by atoms with E-state index in [1.165, 1.54) is 29.5 Å². The molecule has 0 aliphatic heterocycles. The van der Waals surface area contributed by atoms with Crippen molar-refractivity contribution in [1.82, 2.24) is 14.9 Å². The lowest BCUT2D eigenvalue weighted by molar-refractivity contribution is -0.605. The standard InChI is InChI=1S/C12H10N6O2/c13-18-11(9-3-1-5-16(19)7-9)14-15-12(18)10-4-2-6-17(20)8-10/h1-8H,13H2. The summed E-state index contributed by atoms with van der Waals surface area (Å²) in [7, 11) is 0. The number of aromatic nitrogens is 5. The Hall–Kier alpha value is -3.16. The molecule has 8 nitrogen and oxygen atoms in total. The van der Waals surface area contributed by atoms with E-state index in [1.807, 2.05) is 0 Å². The first kappa shape index (κ1) is 11.9. The highest BCUT2D eigenvalue weighted by Crippen LogP contribution is 2.19. The van der Waals surface area contributed by atoms with Crippen molar-refractivity contribution in [1.29, 1.82) is 0 Å². The molecule has 0 saturated carbocycles. The number of hydrogen-bond acceptors (Lipinski definition) is 5. The molecule has 0 amide bonds. The van der Waals surface area contributed by atoms with Gasteiger partial charge in [0.2, 0.25) is 0 Å². The lowest BCUT2D eigenvalue weighted by atomic mass is 10.2. The van der Waals surface area contributed by atoms with E-state index in [0.717, 1.165) is 0 Å². The highest BCUT2D eigenvalue weighted by molar-refractivity contribution is 5.60. The Morgan fingerprint density at radius 2 is 1.35 bits per heavy atom. The predicted octanol–water partition coefficient (Wildman–Crippen LogP) is -0.407. The molecule has 0 aliphatic carbocycles. The Morgan fingerprint density at radius 3 is 1.75 bits per heavy atom. The number of nitrogens with two attached hydrogens (primary N) is 1. The molecule has 0 fully saturated rings. The van der Waals surface area contributed by atoms with Crippen LogP contribution >= 0.6 is 0 Å². The van der Waals surface area contributed by atoms with E-state index < -0.39 is 0 Å². The van der Waals surface area contributed by atoms with Gasteiger partial charge in [-0.1, -0.05) is 0 Å². The van der Waals surface area contributed by atoms with Gasteiger partial charge in [-0.3, -0.25) is 0 Å². The van der Waals surface area contributed by atoms with E-state index in [1.54, 1.807) is 24.3 Å². The quantitative estimate of drug-likeness (QED) is 0.386. The normalized spacial score (nSPS) is 10.6. The van der Waals surface area contributed by atoms with Crippen molar-refractivity contribution in [2.75, 3.05) is 5.84 Å². The zero-order chi connectivity index (χ0) is 14.1. The molecule has 3 aromatic heterocycles. The van der Waals surface area contributed by atoms with Crippen LogP contribution in [0.4, 0.5) is 0 Å². The number of rotatable bonds is 2. The topological polar surface area (TPSA) is 111 Å². The molecule has 8 heteroatoms. The maximum atomic E-state index is 11.3. The molecule has 0 unspecified atom stereocenters. The number of pyridine rings is 2. The van der Waals surface area contributed by atoms with E-state index in [4.69, 9.17) is 5.84 Å². The summed E-state index contributed by atoms with van der Waals surface area (Å²) < 4.78 is 2.54. The molecular formula is C12H10N6O2. The molecule has 0 radical (unpaired) electrons. The van der Waals surface area contributed by atoms with Gasteiger partial charge in [-0.15, -0.1) is 10.2 Å². The van der Waals surface area contributed by atoms with Crippen LogP contribution in [0.1, 0.15) is 0 Å². The highest BCUT2D eigenvalue weighted by atomic mass is 16.5. The summed E-state index contributed by atoms with van der Waals surface area (Å²) in [6, 6.07) is 6.57. The molecule has 0 atom stereocenters. The maximum Gasteiger partial charge on any atom is 0.191 e. The van der Waals surface area contributed by atoms with Crippen molar-refractivity contribution in [2.45, 2.75) is 0 Å². The fraction of sp³-hybridized carbons (Fsp3) is 0. The van der Waals surface area contributed by atoms with E-state index in [9.17, 15) is 10.4 Å². The van der Waals surface area contributed by atoms with Crippen molar-refractivity contribution < 1.29 is 9.46 Å². The zero-order valence-corrected chi connectivity index (χ0v) is 10.2. The third-order valence-electron chi connectivity index (χ3n) is 2.76. The minimum absolute atomic E-state index is 0.339. The van der Waals surface area contributed by atoms with Gasteiger partial charge in [0.1, 0.15) is 0 Å². The molecule has 0 saturated heterocycles. The fourth-order valence-corrected chi connectivity index (χ4v) is 1.86. The first-order chi connectivity index (χ1) is 9.65. The van der Waals surface area contributed by atoms with Crippen LogP contribution in [0.15, 0.2) is 49.1 Å². The maximum absolute atomic E-state index is 11.3. The molecule has 3 aromatic rings. The molecule has 20 heavy (non-hydrogen) atoms. The molecule has 0 aliphatic rings. The van der Waals surface area contributed by atoms with Gasteiger partial charge in [0.25, 0.3) is 0 Å². The van der Waals surface area contributed by atoms with Crippen LogP contribution in [0.3, 0.4) is 0 Å². The summed E-state index contributed by atoms with van der Waals surface area (Å²) in [5.74, 6) is 6.62. The van der Waals surface area contributed by atoms with Gasteiger partial charge in [-0.05, 0) is 12.1 Å². The highest BCUT2D eigenvalue weighted by Gasteiger charge is 2.16. The van der Waals surface area contributed by atoms with E-state index in [-0.39, 0.29) is 0 Å². The molecule has 100 valence electrons. The van der Waals surface area contributed by atoms with Crippen molar-refractivity contribution in [2.24, 2.45) is 0 Å². The Bertz CT molecular complexity index is 707. The van der Waals surface area contributed by atoms with Gasteiger partial charge in [0.15, 0.2) is 36.4 Å². The summed E-state index contributed by atoms with van der Waals surface area (Å²) in [4.78, 5) is 0. The van der Waals surface area contributed by atoms with Crippen molar-refractivity contribution in [3.05, 3.63) is 59.5 Å². The minimum Gasteiger partial charge on any atom is -0.619 e. The third-order valence-corrected chi connectivity index (χ3v) is 2.76. The number of nitrogen functional groups attached to an aromatic ring is 1. The molecule has 3 heterocycles. The van der Waals surface area contributed by atoms with Crippen LogP contribution in [0, 0.1) is 10.4 Å². The van der Waals surface area contributed by atoms with Gasteiger partial charge < -0.3 is 16.3 Å². The van der Waals surface area contributed by atoms with Gasteiger partial charge in [0, 0.05) is 12.1 Å². The summed E-state index contributed by atoms with van der Waals surface area (Å²) in [6.07, 6.45) is 5.41. The number of nitrogens with zero attached hydrogens (tertiary/aromatic N) is 5. The zero-order valence-electron chi connectivity index (χ0n) is 10.2. The van der Waals surface area contributed by atoms with Crippen LogP contribution in [0.25, 0.3) is 22.8 Å². The Balaban J connectivity index is 2.09. The Morgan fingerprint density at radius 1 is 0.900 bits per heavy atom. The first-order valence-corrected chi connectivity index (χ1v) is 5.74. The molecule has 0 bridgehead atoms. The predicted molar refractivity (Wildman–Crippen MR) is 69.0 cm³/mol. The van der Waals surface area contributed by atoms with E-state index in [2.05, 4.69) is 10.2 Å². The SMILES string of the molecule is Nn1c(-c2ccc[n+]([O-])c2)nnc1-c1ccc[n+]([O-])c1. The lowest BCUT2D eigenvalue weighted by Gasteiger charge is -2.03. The summed E-state index contributed by atoms with van der Waals surface area (Å²) >= 11 is 0. The fourth-order valence-electron chi connectivity index (χ4n) is 1.86. The monoisotopic (exact) mass is 270 g/mol. The van der Waals surface area contributed by atoms with Gasteiger partial charge in [-0.2, -0.15) is 9.46 Å². The lowest BCUT2D eigenvalue weighted by Crippen LogP contribution is -2.25. The Labute approximate surface area is 113 Å². The second-order valence-electron chi connectivity index (χ2n) is 4.12. The molecule has 0 spiro atoms. The summed E-state index contributed by atoms with van der Waals surface area (Å²) in [5, 5.41) is 30.5. The number of hydrogen-bond donors (Lipinski definition) is 1. The van der Waals surface area contributed by atoms with Gasteiger partial charge in [0.05, 0.1) is 11.1 Å². The largest absolute Gasteiger partial charge is 0.619 e. The van der Waals surface area contributed by atoms with E-state index in [0.29, 0.717) is 32.2 Å². The van der Waals surface area contributed by atoms with Gasteiger partial charge in [-0.25, -0.2) is 4.68 Å². The first-order valence-electron chi connectivity index (χ1n) is 5.74. The molecule has 0 aromatic carbocycles. The Kier molecular flexibility index (Phi) is 2.68. The minimum atomic E-state index is 0.339. The van der Waals surface area contributed by atoms with Crippen molar-refractivity contribution in [3.63, 3.8) is 0 Å². The van der Waals surface area contributed by atoms with E-state index >= 15 is 0 Å². The van der Waals surface area contributed by atoms with Crippen molar-refractivity contribution >= 4 is 0 Å². The van der Waals surface area contributed by atoms with Crippen LogP contribution in [-0.4, -0.2) is 14.9 Å². The van der Waals surface area contributed by atoms with Crippen LogP contribution in [0.2, 0.25) is 0 Å². The summed E-state index contributed by atoms with van der Waals surface area (Å²) in [5.41, 5.74) is 1.07. The van der Waals surface area contributed by atoms with Crippen molar-refractivity contribution in [3.8, 4) is 22.8 Å². The molecule has 3 rings (SSSR count). The molecule has 2 N–H and O–H groups in total. The second-order valence-corrected chi connectivity index (χ2v) is 4.12. The third kappa shape index (κ3) is 1.99. The smallest absolute Gasteiger partial charge is 0.191 e. The van der Waals surface area contributed by atoms with Crippen LogP contribution in [-0.2, 0) is 0 Å². The summed E-state index contributed by atoms with van der Waals surface area (Å²) in [6.45, 7) is 0. The van der Waals surface area contributed by atoms with Crippen LogP contribution < -0.4 is 15.3 Å². The van der Waals surface area contributed by atoms with Crippen LogP contribution in [0.5, 0.6) is 0 Å². The average molecular weight is 270 g/mol. The van der Waals surface area contributed by atoms with Gasteiger partial charge >= 0.3 is 0 Å². The average Bonchev–Trinajstić information content (AvgIpc) is 2.80. The second kappa shape index (κ2) is 4.50. The molecular weight excluding hydrogens is 260 g/mol.